The van der Waals surface area contributed by atoms with Gasteiger partial charge in [-0.15, -0.1) is 0 Å². The van der Waals surface area contributed by atoms with Crippen LogP contribution in [0, 0.1) is 5.82 Å². The Bertz CT molecular complexity index is 890. The Hall–Kier alpha value is -2.39. The molecule has 1 heterocycles. The molecule has 0 aliphatic rings. The summed E-state index contributed by atoms with van der Waals surface area (Å²) in [6, 6.07) is 5.01. The zero-order chi connectivity index (χ0) is 19.3. The number of hydrogen-bond donors (Lipinski definition) is 2. The number of nitrogens with zero attached hydrogens (tertiary/aromatic N) is 1. The van der Waals surface area contributed by atoms with Gasteiger partial charge in [0.1, 0.15) is 5.82 Å². The van der Waals surface area contributed by atoms with E-state index < -0.39 is 28.5 Å². The van der Waals surface area contributed by atoms with Crippen molar-refractivity contribution in [2.45, 2.75) is 23.8 Å². The highest BCUT2D eigenvalue weighted by Gasteiger charge is 2.17. The molecule has 0 saturated carbocycles. The Morgan fingerprint density at radius 3 is 2.81 bits per heavy atom. The summed E-state index contributed by atoms with van der Waals surface area (Å²) in [6.45, 7) is 1.61. The molecule has 0 saturated heterocycles. The Morgan fingerprint density at radius 1 is 1.42 bits per heavy atom. The first-order valence-electron chi connectivity index (χ1n) is 7.38. The third kappa shape index (κ3) is 5.57. The minimum Gasteiger partial charge on any atom is -0.469 e. The van der Waals surface area contributed by atoms with Crippen molar-refractivity contribution in [2.24, 2.45) is 0 Å². The number of aromatic nitrogens is 2. The van der Waals surface area contributed by atoms with Crippen molar-refractivity contribution >= 4 is 40.9 Å². The second-order valence-corrected chi connectivity index (χ2v) is 6.91. The smallest absolute Gasteiger partial charge is 0.311 e. The van der Waals surface area contributed by atoms with Gasteiger partial charge in [0.25, 0.3) is 5.56 Å². The van der Waals surface area contributed by atoms with Gasteiger partial charge in [0, 0.05) is 11.8 Å². The molecule has 0 spiro atoms. The summed E-state index contributed by atoms with van der Waals surface area (Å²) in [7, 11) is 1.24. The molecule has 0 radical (unpaired) electrons. The molecular formula is C16H15ClFN3O4S. The van der Waals surface area contributed by atoms with E-state index in [-0.39, 0.29) is 22.3 Å². The first-order chi connectivity index (χ1) is 12.3. The zero-order valence-corrected chi connectivity index (χ0v) is 15.4. The maximum absolute atomic E-state index is 13.2. The third-order valence-electron chi connectivity index (χ3n) is 3.17. The van der Waals surface area contributed by atoms with E-state index in [9.17, 15) is 18.8 Å². The van der Waals surface area contributed by atoms with E-state index in [1.54, 1.807) is 6.92 Å². The van der Waals surface area contributed by atoms with Crippen molar-refractivity contribution in [2.75, 3.05) is 12.4 Å². The molecule has 0 unspecified atom stereocenters. The van der Waals surface area contributed by atoms with Crippen LogP contribution >= 0.6 is 23.4 Å². The predicted octanol–water partition coefficient (Wildman–Crippen LogP) is 2.40. The number of halogens is 2. The molecule has 2 rings (SSSR count). The number of H-pyrrole nitrogens is 1. The summed E-state index contributed by atoms with van der Waals surface area (Å²) in [5.41, 5.74) is 0.134. The van der Waals surface area contributed by atoms with Gasteiger partial charge in [-0.3, -0.25) is 14.4 Å². The van der Waals surface area contributed by atoms with E-state index in [2.05, 4.69) is 20.0 Å². The number of carbonyl (C=O) groups excluding carboxylic acids is 2. The first kappa shape index (κ1) is 19.9. The van der Waals surface area contributed by atoms with Gasteiger partial charge >= 0.3 is 5.97 Å². The van der Waals surface area contributed by atoms with E-state index in [1.807, 2.05) is 0 Å². The number of nitrogens with one attached hydrogen (secondary N) is 2. The van der Waals surface area contributed by atoms with E-state index in [0.29, 0.717) is 5.69 Å². The topological polar surface area (TPSA) is 101 Å². The fraction of sp³-hybridized carbons (Fsp3) is 0.250. The maximum atomic E-state index is 13.2. The van der Waals surface area contributed by atoms with Crippen LogP contribution < -0.4 is 10.9 Å². The largest absolute Gasteiger partial charge is 0.469 e. The van der Waals surface area contributed by atoms with Crippen molar-refractivity contribution in [1.82, 2.24) is 9.97 Å². The van der Waals surface area contributed by atoms with E-state index in [0.717, 1.165) is 17.8 Å². The second kappa shape index (κ2) is 8.81. The van der Waals surface area contributed by atoms with Gasteiger partial charge in [-0.1, -0.05) is 23.4 Å². The van der Waals surface area contributed by atoms with Crippen molar-refractivity contribution in [3.63, 3.8) is 0 Å². The number of carbonyl (C=O) groups is 2. The van der Waals surface area contributed by atoms with Gasteiger partial charge < -0.3 is 15.0 Å². The fourth-order valence-corrected chi connectivity index (χ4v) is 2.90. The molecule has 10 heteroatoms. The summed E-state index contributed by atoms with van der Waals surface area (Å²) in [5.74, 6) is -1.51. The second-order valence-electron chi connectivity index (χ2n) is 5.17. The fourth-order valence-electron chi connectivity index (χ4n) is 1.89. The summed E-state index contributed by atoms with van der Waals surface area (Å²) in [6.07, 6.45) is -0.150. The maximum Gasteiger partial charge on any atom is 0.311 e. The molecular weight excluding hydrogens is 385 g/mol. The highest BCUT2D eigenvalue weighted by molar-refractivity contribution is 8.00. The number of esters is 1. The number of hydrogen-bond acceptors (Lipinski definition) is 6. The average molecular weight is 400 g/mol. The van der Waals surface area contributed by atoms with Crippen molar-refractivity contribution in [3.8, 4) is 0 Å². The normalized spacial score (nSPS) is 11.7. The SMILES string of the molecule is COC(=O)Cc1cc(=O)[nH]c(S[C@H](C)C(=O)Nc2ccc(F)c(Cl)c2)n1. The van der Waals surface area contributed by atoms with Crippen LogP contribution in [0.4, 0.5) is 10.1 Å². The summed E-state index contributed by atoms with van der Waals surface area (Å²) < 4.78 is 17.7. The number of aromatic amines is 1. The monoisotopic (exact) mass is 399 g/mol. The molecule has 1 atom stereocenters. The number of amides is 1. The molecule has 138 valence electrons. The van der Waals surface area contributed by atoms with Crippen molar-refractivity contribution < 1.29 is 18.7 Å². The van der Waals surface area contributed by atoms with Crippen LogP contribution in [0.15, 0.2) is 34.2 Å². The summed E-state index contributed by atoms with van der Waals surface area (Å²) >= 11 is 6.68. The number of anilines is 1. The summed E-state index contributed by atoms with van der Waals surface area (Å²) in [4.78, 5) is 41.9. The van der Waals surface area contributed by atoms with E-state index in [1.165, 1.54) is 25.3 Å². The Balaban J connectivity index is 2.07. The molecule has 2 N–H and O–H groups in total. The quantitative estimate of drug-likeness (QED) is 0.439. The van der Waals surface area contributed by atoms with Crippen LogP contribution in [0.2, 0.25) is 5.02 Å². The number of thioether (sulfide) groups is 1. The van der Waals surface area contributed by atoms with Gasteiger partial charge in [0.05, 0.1) is 29.5 Å². The lowest BCUT2D eigenvalue weighted by Gasteiger charge is -2.12. The molecule has 0 bridgehead atoms. The molecule has 1 aromatic carbocycles. The zero-order valence-electron chi connectivity index (χ0n) is 13.8. The van der Waals surface area contributed by atoms with Crippen LogP contribution in [-0.2, 0) is 20.7 Å². The van der Waals surface area contributed by atoms with Gasteiger partial charge in [0.2, 0.25) is 5.91 Å². The van der Waals surface area contributed by atoms with Crippen LogP contribution in [0.3, 0.4) is 0 Å². The molecule has 0 fully saturated rings. The van der Waals surface area contributed by atoms with Gasteiger partial charge in [-0.05, 0) is 25.1 Å². The molecule has 0 aliphatic carbocycles. The highest BCUT2D eigenvalue weighted by Crippen LogP contribution is 2.22. The Kier molecular flexibility index (Phi) is 6.76. The lowest BCUT2D eigenvalue weighted by atomic mass is 10.3. The molecule has 7 nitrogen and oxygen atoms in total. The van der Waals surface area contributed by atoms with Crippen molar-refractivity contribution in [1.29, 1.82) is 0 Å². The molecule has 2 aromatic rings. The standard InChI is InChI=1S/C16H15ClFN3O4S/c1-8(15(24)19-9-3-4-12(18)11(17)5-9)26-16-20-10(6-13(22)21-16)7-14(23)25-2/h3-6,8H,7H2,1-2H3,(H,19,24)(H,20,21,22)/t8-/m1/s1. The van der Waals surface area contributed by atoms with Gasteiger partial charge in [0.15, 0.2) is 5.16 Å². The van der Waals surface area contributed by atoms with E-state index >= 15 is 0 Å². The first-order valence-corrected chi connectivity index (χ1v) is 8.64. The van der Waals surface area contributed by atoms with Crippen LogP contribution in [0.25, 0.3) is 0 Å². The number of rotatable bonds is 6. The van der Waals surface area contributed by atoms with Gasteiger partial charge in [-0.2, -0.15) is 0 Å². The highest BCUT2D eigenvalue weighted by atomic mass is 35.5. The number of ether oxygens (including phenoxy) is 1. The molecule has 1 aromatic heterocycles. The van der Waals surface area contributed by atoms with Crippen LogP contribution in [-0.4, -0.2) is 34.2 Å². The minimum atomic E-state index is -0.629. The minimum absolute atomic E-state index is 0.107. The van der Waals surface area contributed by atoms with Gasteiger partial charge in [-0.25, -0.2) is 9.37 Å². The number of methoxy groups -OCH3 is 1. The Labute approximate surface area is 157 Å². The Morgan fingerprint density at radius 2 is 2.15 bits per heavy atom. The summed E-state index contributed by atoms with van der Waals surface area (Å²) in [5, 5.41) is 2.05. The molecule has 1 amide bonds. The molecule has 0 aliphatic heterocycles. The van der Waals surface area contributed by atoms with Crippen LogP contribution in [0.1, 0.15) is 12.6 Å². The van der Waals surface area contributed by atoms with Crippen LogP contribution in [0.5, 0.6) is 0 Å². The number of benzene rings is 1. The lowest BCUT2D eigenvalue weighted by Crippen LogP contribution is -2.23. The van der Waals surface area contributed by atoms with Crippen molar-refractivity contribution in [3.05, 3.63) is 51.2 Å². The average Bonchev–Trinajstić information content (AvgIpc) is 2.57. The lowest BCUT2D eigenvalue weighted by molar-refractivity contribution is -0.139. The molecule has 26 heavy (non-hydrogen) atoms. The predicted molar refractivity (Wildman–Crippen MR) is 95.9 cm³/mol. The van der Waals surface area contributed by atoms with E-state index in [4.69, 9.17) is 11.6 Å². The third-order valence-corrected chi connectivity index (χ3v) is 4.44.